The summed E-state index contributed by atoms with van der Waals surface area (Å²) >= 11 is 0. The molecule has 1 aliphatic carbocycles. The molecule has 2 amide bonds. The van der Waals surface area contributed by atoms with Crippen LogP contribution in [0.4, 0.5) is 22.4 Å². The van der Waals surface area contributed by atoms with E-state index in [1.165, 1.54) is 0 Å². The average Bonchev–Trinajstić information content (AvgIpc) is 3.28. The molecule has 3 saturated heterocycles. The number of carbonyl (C=O) groups is 2. The SMILES string of the molecule is O=C(OCc1ccc(OC(F)(F)F)cc1F)N1CCC2(CC1)CN(C(=O)C1CCC3NNNC3C1)C2. The third-order valence-corrected chi connectivity index (χ3v) is 7.77. The van der Waals surface area contributed by atoms with Crippen molar-refractivity contribution in [3.63, 3.8) is 0 Å². The van der Waals surface area contributed by atoms with Gasteiger partial charge in [-0.15, -0.1) is 13.2 Å². The van der Waals surface area contributed by atoms with E-state index in [-0.39, 0.29) is 28.8 Å². The van der Waals surface area contributed by atoms with Gasteiger partial charge in [-0.1, -0.05) is 0 Å². The molecule has 3 heterocycles. The lowest BCUT2D eigenvalue weighted by atomic mass is 9.71. The summed E-state index contributed by atoms with van der Waals surface area (Å²) in [7, 11) is 0. The van der Waals surface area contributed by atoms with Crippen molar-refractivity contribution in [2.75, 3.05) is 26.2 Å². The van der Waals surface area contributed by atoms with E-state index in [4.69, 9.17) is 4.74 Å². The van der Waals surface area contributed by atoms with Crippen molar-refractivity contribution in [2.24, 2.45) is 11.3 Å². The number of rotatable bonds is 4. The van der Waals surface area contributed by atoms with Gasteiger partial charge in [0.2, 0.25) is 5.91 Å². The average molecular weight is 516 g/mol. The first kappa shape index (κ1) is 25.0. The highest BCUT2D eigenvalue weighted by Gasteiger charge is 2.49. The molecule has 3 aliphatic heterocycles. The first-order chi connectivity index (χ1) is 17.1. The number of benzene rings is 1. The molecule has 13 heteroatoms. The summed E-state index contributed by atoms with van der Waals surface area (Å²) in [6, 6.07) is 3.29. The van der Waals surface area contributed by atoms with Crippen molar-refractivity contribution in [1.82, 2.24) is 26.2 Å². The Balaban J connectivity index is 1.05. The molecule has 3 unspecified atom stereocenters. The highest BCUT2D eigenvalue weighted by Crippen LogP contribution is 2.42. The van der Waals surface area contributed by atoms with Crippen molar-refractivity contribution in [2.45, 2.75) is 57.2 Å². The van der Waals surface area contributed by atoms with Crippen molar-refractivity contribution >= 4 is 12.0 Å². The topological polar surface area (TPSA) is 95.2 Å². The van der Waals surface area contributed by atoms with E-state index < -0.39 is 30.6 Å². The number of ether oxygens (including phenoxy) is 2. The van der Waals surface area contributed by atoms with Gasteiger partial charge in [0.1, 0.15) is 18.2 Å². The molecule has 1 spiro atoms. The quantitative estimate of drug-likeness (QED) is 0.531. The number of carbonyl (C=O) groups excluding carboxylic acids is 2. The number of piperidine rings is 1. The fourth-order valence-corrected chi connectivity index (χ4v) is 5.68. The molecule has 3 N–H and O–H groups in total. The van der Waals surface area contributed by atoms with E-state index >= 15 is 0 Å². The predicted molar refractivity (Wildman–Crippen MR) is 117 cm³/mol. The zero-order valence-electron chi connectivity index (χ0n) is 19.6. The van der Waals surface area contributed by atoms with Crippen LogP contribution in [-0.2, 0) is 16.1 Å². The fourth-order valence-electron chi connectivity index (χ4n) is 5.68. The van der Waals surface area contributed by atoms with E-state index in [1.807, 2.05) is 4.90 Å². The summed E-state index contributed by atoms with van der Waals surface area (Å²) in [6.07, 6.45) is -1.40. The van der Waals surface area contributed by atoms with Crippen molar-refractivity contribution < 1.29 is 36.6 Å². The second kappa shape index (κ2) is 9.67. The lowest BCUT2D eigenvalue weighted by molar-refractivity contribution is -0.274. The van der Waals surface area contributed by atoms with E-state index in [0.717, 1.165) is 44.2 Å². The van der Waals surface area contributed by atoms with Crippen LogP contribution in [0.5, 0.6) is 5.75 Å². The van der Waals surface area contributed by atoms with Crippen molar-refractivity contribution in [3.8, 4) is 5.75 Å². The molecule has 3 atom stereocenters. The van der Waals surface area contributed by atoms with Crippen molar-refractivity contribution in [1.29, 1.82) is 0 Å². The second-order valence-corrected chi connectivity index (χ2v) is 10.2. The molecule has 0 radical (unpaired) electrons. The minimum absolute atomic E-state index is 0.0127. The zero-order chi connectivity index (χ0) is 25.5. The molecule has 0 aromatic heterocycles. The summed E-state index contributed by atoms with van der Waals surface area (Å²) in [6.45, 7) is 1.93. The molecule has 1 aromatic carbocycles. The first-order valence-electron chi connectivity index (χ1n) is 12.1. The van der Waals surface area contributed by atoms with Crippen LogP contribution in [0.15, 0.2) is 18.2 Å². The maximum Gasteiger partial charge on any atom is 0.573 e. The second-order valence-electron chi connectivity index (χ2n) is 10.2. The summed E-state index contributed by atoms with van der Waals surface area (Å²) in [5, 5.41) is 0. The molecule has 36 heavy (non-hydrogen) atoms. The number of hydrogen-bond donors (Lipinski definition) is 3. The highest BCUT2D eigenvalue weighted by molar-refractivity contribution is 5.80. The molecule has 1 saturated carbocycles. The lowest BCUT2D eigenvalue weighted by Crippen LogP contribution is -2.63. The number of alkyl halides is 3. The van der Waals surface area contributed by atoms with Crippen LogP contribution in [0.2, 0.25) is 0 Å². The largest absolute Gasteiger partial charge is 0.573 e. The van der Waals surface area contributed by atoms with Gasteiger partial charge >= 0.3 is 12.5 Å². The van der Waals surface area contributed by atoms with Gasteiger partial charge in [-0.05, 0) is 44.2 Å². The van der Waals surface area contributed by atoms with E-state index in [0.29, 0.717) is 38.3 Å². The first-order valence-corrected chi connectivity index (χ1v) is 12.1. The lowest BCUT2D eigenvalue weighted by Gasteiger charge is -2.54. The molecule has 198 valence electrons. The molecular weight excluding hydrogens is 486 g/mol. The van der Waals surface area contributed by atoms with Crippen LogP contribution in [0.3, 0.4) is 0 Å². The number of fused-ring (bicyclic) bond motifs is 1. The summed E-state index contributed by atoms with van der Waals surface area (Å²) in [5.41, 5.74) is 9.26. The zero-order valence-corrected chi connectivity index (χ0v) is 19.6. The minimum Gasteiger partial charge on any atom is -0.444 e. The van der Waals surface area contributed by atoms with Crippen molar-refractivity contribution in [3.05, 3.63) is 29.6 Å². The molecule has 4 fully saturated rings. The third kappa shape index (κ3) is 5.37. The number of likely N-dealkylation sites (tertiary alicyclic amines) is 2. The monoisotopic (exact) mass is 515 g/mol. The van der Waals surface area contributed by atoms with Gasteiger partial charge in [0.05, 0.1) is 0 Å². The van der Waals surface area contributed by atoms with Gasteiger partial charge in [0, 0.05) is 61.2 Å². The molecule has 1 aromatic rings. The molecule has 9 nitrogen and oxygen atoms in total. The Morgan fingerprint density at radius 1 is 1.06 bits per heavy atom. The Hall–Kier alpha value is -2.64. The van der Waals surface area contributed by atoms with E-state index in [9.17, 15) is 27.2 Å². The molecule has 5 rings (SSSR count). The molecule has 0 bridgehead atoms. The Labute approximate surface area is 205 Å². The van der Waals surface area contributed by atoms with Gasteiger partial charge in [0.15, 0.2) is 0 Å². The summed E-state index contributed by atoms with van der Waals surface area (Å²) < 4.78 is 59.7. The smallest absolute Gasteiger partial charge is 0.444 e. The Morgan fingerprint density at radius 3 is 2.47 bits per heavy atom. The standard InChI is InChI=1S/C23H29F4N5O4/c24-17-10-16(36-23(25,26)27)3-1-15(17)11-35-21(34)31-7-5-22(6-8-31)12-32(13-22)20(33)14-2-4-18-19(9-14)29-30-28-18/h1,3,10,14,18-19,28-30H,2,4-9,11-13H2. The molecular formula is C23H29F4N5O4. The summed E-state index contributed by atoms with van der Waals surface area (Å²) in [4.78, 5) is 28.9. The number of hydrogen-bond acceptors (Lipinski definition) is 7. The fraction of sp³-hybridized carbons (Fsp3) is 0.652. The van der Waals surface area contributed by atoms with E-state index in [2.05, 4.69) is 21.1 Å². The van der Waals surface area contributed by atoms with Gasteiger partial charge < -0.3 is 19.3 Å². The number of nitrogens with zero attached hydrogens (tertiary/aromatic N) is 2. The normalized spacial score (nSPS) is 27.4. The van der Waals surface area contributed by atoms with Crippen LogP contribution in [0, 0.1) is 17.2 Å². The van der Waals surface area contributed by atoms with E-state index in [1.54, 1.807) is 4.90 Å². The Kier molecular flexibility index (Phi) is 6.72. The maximum atomic E-state index is 14.1. The van der Waals surface area contributed by atoms with Gasteiger partial charge in [0.25, 0.3) is 0 Å². The van der Waals surface area contributed by atoms with Crippen LogP contribution >= 0.6 is 0 Å². The Morgan fingerprint density at radius 2 is 1.78 bits per heavy atom. The summed E-state index contributed by atoms with van der Waals surface area (Å²) in [5.74, 6) is -1.39. The minimum atomic E-state index is -4.92. The number of nitrogens with one attached hydrogen (secondary N) is 3. The highest BCUT2D eigenvalue weighted by atomic mass is 19.4. The van der Waals surface area contributed by atoms with Gasteiger partial charge in [-0.25, -0.2) is 20.0 Å². The van der Waals surface area contributed by atoms with Crippen LogP contribution in [0.25, 0.3) is 0 Å². The van der Waals surface area contributed by atoms with Gasteiger partial charge in [-0.3, -0.25) is 4.79 Å². The molecule has 4 aliphatic rings. The van der Waals surface area contributed by atoms with Crippen LogP contribution < -0.4 is 21.1 Å². The van der Waals surface area contributed by atoms with Crippen LogP contribution in [0.1, 0.15) is 37.7 Å². The maximum absolute atomic E-state index is 14.1. The number of hydrazine groups is 2. The van der Waals surface area contributed by atoms with Crippen LogP contribution in [-0.4, -0.2) is 66.4 Å². The predicted octanol–water partition coefficient (Wildman–Crippen LogP) is 2.43. The Bertz CT molecular complexity index is 993. The third-order valence-electron chi connectivity index (χ3n) is 7.77. The number of halogens is 4. The van der Waals surface area contributed by atoms with Gasteiger partial charge in [-0.2, -0.15) is 5.53 Å². The number of amides is 2.